The Kier molecular flexibility index (Phi) is 8.14. The number of methoxy groups -OCH3 is 1. The van der Waals surface area contributed by atoms with Crippen LogP contribution in [-0.2, 0) is 28.5 Å². The number of nitrogens with one attached hydrogen (secondary N) is 1. The molecule has 2 aliphatic rings. The van der Waals surface area contributed by atoms with Crippen LogP contribution in [0.1, 0.15) is 24.2 Å². The summed E-state index contributed by atoms with van der Waals surface area (Å²) < 4.78 is 22.4. The zero-order valence-electron chi connectivity index (χ0n) is 19.8. The molecule has 1 saturated heterocycles. The molecule has 2 aromatic carbocycles. The van der Waals surface area contributed by atoms with Crippen LogP contribution in [0.2, 0.25) is 0 Å². The van der Waals surface area contributed by atoms with Gasteiger partial charge in [0.1, 0.15) is 30.5 Å². The van der Waals surface area contributed by atoms with Gasteiger partial charge < -0.3 is 39.6 Å². The summed E-state index contributed by atoms with van der Waals surface area (Å²) >= 11 is 0. The van der Waals surface area contributed by atoms with E-state index in [2.05, 4.69) is 5.32 Å². The van der Waals surface area contributed by atoms with E-state index >= 15 is 0 Å². The molecule has 0 saturated carbocycles. The van der Waals surface area contributed by atoms with E-state index in [0.29, 0.717) is 11.1 Å². The Morgan fingerprint density at radius 3 is 2.31 bits per heavy atom. The van der Waals surface area contributed by atoms with Crippen molar-refractivity contribution in [2.75, 3.05) is 13.7 Å². The number of aliphatic hydroxyl groups excluding tert-OH is 3. The van der Waals surface area contributed by atoms with Crippen LogP contribution in [-0.4, -0.2) is 77.8 Å². The number of hydrogen-bond donors (Lipinski definition) is 4. The number of benzene rings is 2. The molecule has 7 unspecified atom stereocenters. The van der Waals surface area contributed by atoms with E-state index in [1.807, 2.05) is 0 Å². The highest BCUT2D eigenvalue weighted by Crippen LogP contribution is 2.40. The molecule has 2 aromatic rings. The van der Waals surface area contributed by atoms with E-state index in [0.717, 1.165) is 0 Å². The predicted octanol–water partition coefficient (Wildman–Crippen LogP) is 0.671. The van der Waals surface area contributed by atoms with E-state index in [-0.39, 0.29) is 17.8 Å². The van der Waals surface area contributed by atoms with E-state index in [1.54, 1.807) is 60.7 Å². The average molecular weight is 500 g/mol. The first-order valence-corrected chi connectivity index (χ1v) is 11.5. The lowest BCUT2D eigenvalue weighted by molar-refractivity contribution is -0.301. The molecule has 2 heterocycles. The molecule has 0 radical (unpaired) electrons. The largest absolute Gasteiger partial charge is 0.428 e. The van der Waals surface area contributed by atoms with Crippen molar-refractivity contribution in [1.82, 2.24) is 5.32 Å². The third kappa shape index (κ3) is 5.34. The Bertz CT molecular complexity index is 1090. The second kappa shape index (κ2) is 11.3. The Balaban J connectivity index is 1.73. The molecule has 0 spiro atoms. The molecular weight excluding hydrogens is 470 g/mol. The number of cyclic esters (lactones) is 1. The Labute approximate surface area is 208 Å². The van der Waals surface area contributed by atoms with Crippen LogP contribution in [0.15, 0.2) is 66.2 Å². The first kappa shape index (κ1) is 26.0. The second-order valence-corrected chi connectivity index (χ2v) is 8.59. The molecule has 10 nitrogen and oxygen atoms in total. The van der Waals surface area contributed by atoms with Crippen LogP contribution < -0.4 is 5.32 Å². The van der Waals surface area contributed by atoms with Crippen LogP contribution in [0.25, 0.3) is 5.57 Å². The fraction of sp³-hybridized carbons (Fsp3) is 0.385. The van der Waals surface area contributed by atoms with E-state index in [4.69, 9.17) is 18.9 Å². The maximum Gasteiger partial charge on any atom is 0.341 e. The van der Waals surface area contributed by atoms with Gasteiger partial charge in [0.15, 0.2) is 6.29 Å². The van der Waals surface area contributed by atoms with Crippen LogP contribution in [0.3, 0.4) is 0 Å². The normalized spacial score (nSPS) is 29.1. The number of carbonyl (C=O) groups excluding carboxylic acids is 2. The zero-order chi connectivity index (χ0) is 25.8. The average Bonchev–Trinajstić information content (AvgIpc) is 3.20. The SMILES string of the molecule is COCC1OC(OC2OC(=O)C(c3ccccc3)=C2C(O)c2ccccc2)C(NC(C)=O)C(O)C1O. The lowest BCUT2D eigenvalue weighted by atomic mass is 9.93. The highest BCUT2D eigenvalue weighted by Gasteiger charge is 2.49. The summed E-state index contributed by atoms with van der Waals surface area (Å²) in [5.74, 6) is -1.21. The van der Waals surface area contributed by atoms with Gasteiger partial charge in [0.05, 0.1) is 12.2 Å². The number of esters is 1. The highest BCUT2D eigenvalue weighted by atomic mass is 16.8. The third-order valence-electron chi connectivity index (χ3n) is 6.09. The van der Waals surface area contributed by atoms with Gasteiger partial charge >= 0.3 is 5.97 Å². The summed E-state index contributed by atoms with van der Waals surface area (Å²) in [7, 11) is 1.40. The Morgan fingerprint density at radius 2 is 1.69 bits per heavy atom. The zero-order valence-corrected chi connectivity index (χ0v) is 19.8. The van der Waals surface area contributed by atoms with Gasteiger partial charge in [0, 0.05) is 19.6 Å². The number of hydrogen-bond acceptors (Lipinski definition) is 9. The van der Waals surface area contributed by atoms with Gasteiger partial charge in [-0.25, -0.2) is 4.79 Å². The Hall–Kier alpha value is -3.12. The minimum absolute atomic E-state index is 0.0695. The summed E-state index contributed by atoms with van der Waals surface area (Å²) in [6.07, 6.45) is -7.86. The summed E-state index contributed by atoms with van der Waals surface area (Å²) in [5, 5.41) is 35.0. The van der Waals surface area contributed by atoms with Crippen molar-refractivity contribution in [1.29, 1.82) is 0 Å². The number of amides is 1. The van der Waals surface area contributed by atoms with Gasteiger partial charge in [-0.1, -0.05) is 60.7 Å². The van der Waals surface area contributed by atoms with Crippen LogP contribution in [0.5, 0.6) is 0 Å². The van der Waals surface area contributed by atoms with Crippen molar-refractivity contribution < 1.29 is 43.9 Å². The van der Waals surface area contributed by atoms with Crippen LogP contribution in [0.4, 0.5) is 0 Å². The molecule has 2 aliphatic heterocycles. The van der Waals surface area contributed by atoms with E-state index in [9.17, 15) is 24.9 Å². The first-order chi connectivity index (χ1) is 17.3. The molecule has 0 bridgehead atoms. The molecule has 36 heavy (non-hydrogen) atoms. The minimum atomic E-state index is -1.47. The maximum atomic E-state index is 13.0. The highest BCUT2D eigenvalue weighted by molar-refractivity contribution is 6.19. The lowest BCUT2D eigenvalue weighted by Gasteiger charge is -2.43. The van der Waals surface area contributed by atoms with Crippen molar-refractivity contribution in [2.24, 2.45) is 0 Å². The Morgan fingerprint density at radius 1 is 1.06 bits per heavy atom. The molecule has 0 aliphatic carbocycles. The molecular formula is C26H29NO9. The number of ether oxygens (including phenoxy) is 4. The minimum Gasteiger partial charge on any atom is -0.428 e. The quantitative estimate of drug-likeness (QED) is 0.385. The van der Waals surface area contributed by atoms with Crippen molar-refractivity contribution in [2.45, 2.75) is 50.0 Å². The van der Waals surface area contributed by atoms with Crippen molar-refractivity contribution >= 4 is 17.4 Å². The van der Waals surface area contributed by atoms with Gasteiger partial charge in [-0.05, 0) is 11.1 Å². The van der Waals surface area contributed by atoms with Gasteiger partial charge in [0.25, 0.3) is 0 Å². The number of aliphatic hydroxyl groups is 3. The third-order valence-corrected chi connectivity index (χ3v) is 6.09. The fourth-order valence-corrected chi connectivity index (χ4v) is 4.39. The molecule has 192 valence electrons. The van der Waals surface area contributed by atoms with Crippen molar-refractivity contribution in [3.05, 3.63) is 77.4 Å². The number of rotatable bonds is 8. The molecule has 1 fully saturated rings. The topological polar surface area (TPSA) is 144 Å². The van der Waals surface area contributed by atoms with Crippen molar-refractivity contribution in [3.63, 3.8) is 0 Å². The summed E-state index contributed by atoms with van der Waals surface area (Å²) in [5.41, 5.74) is 1.31. The summed E-state index contributed by atoms with van der Waals surface area (Å²) in [6, 6.07) is 16.2. The van der Waals surface area contributed by atoms with E-state index < -0.39 is 54.9 Å². The van der Waals surface area contributed by atoms with Gasteiger partial charge in [-0.15, -0.1) is 0 Å². The first-order valence-electron chi connectivity index (χ1n) is 11.5. The van der Waals surface area contributed by atoms with Gasteiger partial charge in [-0.2, -0.15) is 0 Å². The molecule has 4 N–H and O–H groups in total. The lowest BCUT2D eigenvalue weighted by Crippen LogP contribution is -2.65. The molecule has 10 heteroatoms. The second-order valence-electron chi connectivity index (χ2n) is 8.59. The van der Waals surface area contributed by atoms with Gasteiger partial charge in [-0.3, -0.25) is 4.79 Å². The molecule has 0 aromatic heterocycles. The standard InChI is InChI=1S/C26H29NO9/c1-14(28)27-20-23(31)22(30)17(13-33-2)34-26(20)36-25-19(21(29)16-11-7-4-8-12-16)18(24(32)35-25)15-9-5-3-6-10-15/h3-12,17,20-23,25-26,29-31H,13H2,1-2H3,(H,27,28). The van der Waals surface area contributed by atoms with Crippen LogP contribution >= 0.6 is 0 Å². The smallest absolute Gasteiger partial charge is 0.341 e. The summed E-state index contributed by atoms with van der Waals surface area (Å²) in [4.78, 5) is 24.9. The summed E-state index contributed by atoms with van der Waals surface area (Å²) in [6.45, 7) is 1.17. The molecule has 7 atom stereocenters. The fourth-order valence-electron chi connectivity index (χ4n) is 4.39. The molecule has 1 amide bonds. The predicted molar refractivity (Wildman–Crippen MR) is 126 cm³/mol. The molecule has 4 rings (SSSR count). The van der Waals surface area contributed by atoms with Gasteiger partial charge in [0.2, 0.25) is 12.2 Å². The monoisotopic (exact) mass is 499 g/mol. The van der Waals surface area contributed by atoms with Crippen molar-refractivity contribution in [3.8, 4) is 0 Å². The maximum absolute atomic E-state index is 13.0. The van der Waals surface area contributed by atoms with Crippen LogP contribution in [0, 0.1) is 0 Å². The number of carbonyl (C=O) groups is 2. The van der Waals surface area contributed by atoms with E-state index in [1.165, 1.54) is 14.0 Å².